The minimum Gasteiger partial charge on any atom is -0.497 e. The molecule has 0 radical (unpaired) electrons. The quantitative estimate of drug-likeness (QED) is 0.767. The zero-order chi connectivity index (χ0) is 17.2. The van der Waals surface area contributed by atoms with Crippen molar-refractivity contribution in [3.05, 3.63) is 66.1 Å². The molecular formula is C18H19FN2O3. The zero-order valence-electron chi connectivity index (χ0n) is 13.3. The maximum absolute atomic E-state index is 12.7. The van der Waals surface area contributed by atoms with Crippen molar-refractivity contribution >= 4 is 12.1 Å². The minimum atomic E-state index is -0.341. The summed E-state index contributed by atoms with van der Waals surface area (Å²) in [5, 5.41) is 5.22. The second kappa shape index (κ2) is 9.19. The lowest BCUT2D eigenvalue weighted by Gasteiger charge is -2.08. The Hall–Kier alpha value is -3.02. The summed E-state index contributed by atoms with van der Waals surface area (Å²) in [5.74, 6) is 1.16. The van der Waals surface area contributed by atoms with Crippen LogP contribution in [0.1, 0.15) is 5.56 Å². The molecule has 2 rings (SSSR count). The van der Waals surface area contributed by atoms with Crippen LogP contribution < -0.4 is 20.1 Å². The SMILES string of the molecule is COc1ccc(OCCNC(=O)N/C=C/c2ccc(F)cc2)cc1. The Morgan fingerprint density at radius 2 is 1.75 bits per heavy atom. The van der Waals surface area contributed by atoms with E-state index in [4.69, 9.17) is 9.47 Å². The van der Waals surface area contributed by atoms with Crippen molar-refractivity contribution in [3.63, 3.8) is 0 Å². The summed E-state index contributed by atoms with van der Waals surface area (Å²) in [6.45, 7) is 0.712. The highest BCUT2D eigenvalue weighted by Crippen LogP contribution is 2.16. The fourth-order valence-corrected chi connectivity index (χ4v) is 1.84. The van der Waals surface area contributed by atoms with Gasteiger partial charge in [0.1, 0.15) is 23.9 Å². The van der Waals surface area contributed by atoms with Crippen LogP contribution in [0.15, 0.2) is 54.7 Å². The number of nitrogens with one attached hydrogen (secondary N) is 2. The summed E-state index contributed by atoms with van der Waals surface area (Å²) in [5.41, 5.74) is 0.791. The molecule has 0 unspecified atom stereocenters. The van der Waals surface area contributed by atoms with Crippen LogP contribution in [0.25, 0.3) is 6.08 Å². The first kappa shape index (κ1) is 17.3. The molecule has 0 aliphatic heterocycles. The van der Waals surface area contributed by atoms with Crippen LogP contribution >= 0.6 is 0 Å². The van der Waals surface area contributed by atoms with E-state index >= 15 is 0 Å². The van der Waals surface area contributed by atoms with E-state index < -0.39 is 0 Å². The summed E-state index contributed by atoms with van der Waals surface area (Å²) in [6, 6.07) is 12.8. The molecule has 0 bridgehead atoms. The van der Waals surface area contributed by atoms with E-state index in [9.17, 15) is 9.18 Å². The van der Waals surface area contributed by atoms with Crippen molar-refractivity contribution in [2.24, 2.45) is 0 Å². The van der Waals surface area contributed by atoms with Crippen LogP contribution in [0.2, 0.25) is 0 Å². The molecule has 0 aliphatic carbocycles. The fourth-order valence-electron chi connectivity index (χ4n) is 1.84. The monoisotopic (exact) mass is 330 g/mol. The number of methoxy groups -OCH3 is 1. The van der Waals surface area contributed by atoms with Crippen molar-refractivity contribution in [1.82, 2.24) is 10.6 Å². The molecule has 2 aromatic rings. The van der Waals surface area contributed by atoms with E-state index in [-0.39, 0.29) is 11.8 Å². The molecule has 24 heavy (non-hydrogen) atoms. The molecule has 0 aliphatic rings. The van der Waals surface area contributed by atoms with Gasteiger partial charge < -0.3 is 20.1 Å². The first-order valence-corrected chi connectivity index (χ1v) is 7.41. The standard InChI is InChI=1S/C18H19FN2O3/c1-23-16-6-8-17(9-7-16)24-13-12-21-18(22)20-11-10-14-2-4-15(19)5-3-14/h2-11H,12-13H2,1H3,(H2,20,21,22)/b11-10+. The van der Waals surface area contributed by atoms with E-state index in [1.807, 2.05) is 0 Å². The van der Waals surface area contributed by atoms with Gasteiger partial charge in [0.05, 0.1) is 13.7 Å². The molecule has 0 saturated carbocycles. The number of ether oxygens (including phenoxy) is 2. The highest BCUT2D eigenvalue weighted by Gasteiger charge is 1.98. The van der Waals surface area contributed by atoms with Crippen molar-refractivity contribution in [1.29, 1.82) is 0 Å². The largest absolute Gasteiger partial charge is 0.497 e. The van der Waals surface area contributed by atoms with Gasteiger partial charge in [-0.15, -0.1) is 0 Å². The maximum atomic E-state index is 12.7. The fraction of sp³-hybridized carbons (Fsp3) is 0.167. The Balaban J connectivity index is 1.63. The molecule has 0 aromatic heterocycles. The number of amides is 2. The number of carbonyl (C=O) groups excluding carboxylic acids is 1. The van der Waals surface area contributed by atoms with Gasteiger partial charge in [0.2, 0.25) is 0 Å². The molecule has 126 valence electrons. The van der Waals surface area contributed by atoms with Gasteiger partial charge >= 0.3 is 6.03 Å². The van der Waals surface area contributed by atoms with E-state index in [0.29, 0.717) is 18.9 Å². The van der Waals surface area contributed by atoms with Crippen molar-refractivity contribution in [3.8, 4) is 11.5 Å². The lowest BCUT2D eigenvalue weighted by Crippen LogP contribution is -2.34. The third kappa shape index (κ3) is 6.00. The van der Waals surface area contributed by atoms with Crippen molar-refractivity contribution in [2.45, 2.75) is 0 Å². The smallest absolute Gasteiger partial charge is 0.318 e. The molecule has 2 N–H and O–H groups in total. The number of halogens is 1. The minimum absolute atomic E-state index is 0.297. The molecule has 0 spiro atoms. The predicted molar refractivity (Wildman–Crippen MR) is 90.5 cm³/mol. The maximum Gasteiger partial charge on any atom is 0.318 e. The Morgan fingerprint density at radius 3 is 2.42 bits per heavy atom. The zero-order valence-corrected chi connectivity index (χ0v) is 13.3. The molecule has 5 nitrogen and oxygen atoms in total. The van der Waals surface area contributed by atoms with Crippen molar-refractivity contribution in [2.75, 3.05) is 20.3 Å². The van der Waals surface area contributed by atoms with Gasteiger partial charge in [-0.2, -0.15) is 0 Å². The normalized spacial score (nSPS) is 10.4. The third-order valence-electron chi connectivity index (χ3n) is 3.08. The summed E-state index contributed by atoms with van der Waals surface area (Å²) >= 11 is 0. The first-order valence-electron chi connectivity index (χ1n) is 7.41. The molecule has 2 aromatic carbocycles. The highest BCUT2D eigenvalue weighted by molar-refractivity contribution is 5.75. The number of rotatable bonds is 7. The molecular weight excluding hydrogens is 311 g/mol. The van der Waals surface area contributed by atoms with Gasteiger partial charge in [-0.05, 0) is 48.0 Å². The lowest BCUT2D eigenvalue weighted by molar-refractivity contribution is 0.239. The van der Waals surface area contributed by atoms with Crippen LogP contribution in [0.5, 0.6) is 11.5 Å². The van der Waals surface area contributed by atoms with E-state index in [2.05, 4.69) is 10.6 Å². The molecule has 0 atom stereocenters. The summed E-state index contributed by atoms with van der Waals surface area (Å²) < 4.78 is 23.3. The van der Waals surface area contributed by atoms with E-state index in [1.54, 1.807) is 49.6 Å². The number of hydrogen-bond donors (Lipinski definition) is 2. The third-order valence-corrected chi connectivity index (χ3v) is 3.08. The van der Waals surface area contributed by atoms with Crippen molar-refractivity contribution < 1.29 is 18.7 Å². The van der Waals surface area contributed by atoms with Gasteiger partial charge in [-0.1, -0.05) is 12.1 Å². The number of hydrogen-bond acceptors (Lipinski definition) is 3. The van der Waals surface area contributed by atoms with Crippen LogP contribution in [0, 0.1) is 5.82 Å². The summed E-state index contributed by atoms with van der Waals surface area (Å²) in [6.07, 6.45) is 3.17. The Kier molecular flexibility index (Phi) is 6.64. The Labute approximate surface area is 140 Å². The van der Waals surface area contributed by atoms with E-state index in [0.717, 1.165) is 11.3 Å². The average Bonchev–Trinajstić information content (AvgIpc) is 2.61. The lowest BCUT2D eigenvalue weighted by atomic mass is 10.2. The van der Waals surface area contributed by atoms with Gasteiger partial charge in [-0.3, -0.25) is 0 Å². The van der Waals surface area contributed by atoms with Gasteiger partial charge in [-0.25, -0.2) is 9.18 Å². The number of benzene rings is 2. The Morgan fingerprint density at radius 1 is 1.08 bits per heavy atom. The summed E-state index contributed by atoms with van der Waals surface area (Å²) in [4.78, 5) is 11.6. The average molecular weight is 330 g/mol. The van der Waals surface area contributed by atoms with Gasteiger partial charge in [0.25, 0.3) is 0 Å². The van der Waals surface area contributed by atoms with Crippen LogP contribution in [0.4, 0.5) is 9.18 Å². The molecule has 0 saturated heterocycles. The highest BCUT2D eigenvalue weighted by atomic mass is 19.1. The van der Waals surface area contributed by atoms with Crippen LogP contribution in [-0.4, -0.2) is 26.3 Å². The van der Waals surface area contributed by atoms with Crippen LogP contribution in [0.3, 0.4) is 0 Å². The first-order chi connectivity index (χ1) is 11.7. The van der Waals surface area contributed by atoms with E-state index in [1.165, 1.54) is 18.3 Å². The van der Waals surface area contributed by atoms with Gasteiger partial charge in [0, 0.05) is 6.20 Å². The number of carbonyl (C=O) groups is 1. The number of urea groups is 1. The Bertz CT molecular complexity index is 670. The second-order valence-corrected chi connectivity index (χ2v) is 4.81. The molecule has 6 heteroatoms. The summed E-state index contributed by atoms with van der Waals surface area (Å²) in [7, 11) is 1.60. The predicted octanol–water partition coefficient (Wildman–Crippen LogP) is 3.18. The van der Waals surface area contributed by atoms with Gasteiger partial charge in [0.15, 0.2) is 0 Å². The van der Waals surface area contributed by atoms with Crippen LogP contribution in [-0.2, 0) is 0 Å². The topological polar surface area (TPSA) is 59.6 Å². The second-order valence-electron chi connectivity index (χ2n) is 4.81. The molecule has 2 amide bonds. The molecule has 0 heterocycles. The molecule has 0 fully saturated rings.